The van der Waals surface area contributed by atoms with Crippen molar-refractivity contribution in [1.82, 2.24) is 4.31 Å². The standard InChI is InChI=1S/C22H26N2O5S/c1-23(18-6-3-2-4-7-18)22(25)17-10-12-24(13-11-17)30(26,27)19-8-9-20-21(16-19)29-15-5-14-28-20/h2-4,6-9,16-17H,5,10-15H2,1H3. The fourth-order valence-electron chi connectivity index (χ4n) is 3.85. The van der Waals surface area contributed by atoms with Crippen LogP contribution >= 0.6 is 0 Å². The third-order valence-electron chi connectivity index (χ3n) is 5.63. The molecule has 0 N–H and O–H groups in total. The van der Waals surface area contributed by atoms with Crippen molar-refractivity contribution in [3.05, 3.63) is 48.5 Å². The van der Waals surface area contributed by atoms with Crippen LogP contribution < -0.4 is 14.4 Å². The molecule has 0 saturated carbocycles. The van der Waals surface area contributed by atoms with Crippen molar-refractivity contribution in [2.24, 2.45) is 5.92 Å². The number of hydrogen-bond donors (Lipinski definition) is 0. The van der Waals surface area contributed by atoms with E-state index in [4.69, 9.17) is 9.47 Å². The Morgan fingerprint density at radius 2 is 1.67 bits per heavy atom. The Labute approximate surface area is 177 Å². The maximum absolute atomic E-state index is 13.1. The smallest absolute Gasteiger partial charge is 0.243 e. The predicted molar refractivity (Wildman–Crippen MR) is 113 cm³/mol. The van der Waals surface area contributed by atoms with Crippen LogP contribution in [0.5, 0.6) is 11.5 Å². The van der Waals surface area contributed by atoms with Crippen molar-refractivity contribution < 1.29 is 22.7 Å². The van der Waals surface area contributed by atoms with Crippen LogP contribution in [-0.4, -0.2) is 52.0 Å². The number of piperidine rings is 1. The lowest BCUT2D eigenvalue weighted by Crippen LogP contribution is -2.43. The number of ether oxygens (including phenoxy) is 2. The topological polar surface area (TPSA) is 76.2 Å². The van der Waals surface area contributed by atoms with Crippen LogP contribution in [0.4, 0.5) is 5.69 Å². The van der Waals surface area contributed by atoms with E-state index in [1.165, 1.54) is 10.4 Å². The first-order valence-electron chi connectivity index (χ1n) is 10.2. The van der Waals surface area contributed by atoms with Gasteiger partial charge in [0, 0.05) is 44.2 Å². The summed E-state index contributed by atoms with van der Waals surface area (Å²) in [5.41, 5.74) is 0.838. The van der Waals surface area contributed by atoms with Crippen LogP contribution in [0, 0.1) is 5.92 Å². The van der Waals surface area contributed by atoms with Gasteiger partial charge >= 0.3 is 0 Å². The number of rotatable bonds is 4. The summed E-state index contributed by atoms with van der Waals surface area (Å²) in [6, 6.07) is 14.2. The molecule has 0 atom stereocenters. The molecule has 1 amide bonds. The maximum Gasteiger partial charge on any atom is 0.243 e. The molecular weight excluding hydrogens is 404 g/mol. The monoisotopic (exact) mass is 430 g/mol. The average molecular weight is 431 g/mol. The third-order valence-corrected chi connectivity index (χ3v) is 7.53. The largest absolute Gasteiger partial charge is 0.490 e. The number of carbonyl (C=O) groups is 1. The Kier molecular flexibility index (Phi) is 5.97. The van der Waals surface area contributed by atoms with Crippen molar-refractivity contribution in [3.8, 4) is 11.5 Å². The summed E-state index contributed by atoms with van der Waals surface area (Å²) in [5, 5.41) is 0. The minimum atomic E-state index is -3.66. The van der Waals surface area contributed by atoms with Crippen molar-refractivity contribution in [1.29, 1.82) is 0 Å². The van der Waals surface area contributed by atoms with E-state index in [0.29, 0.717) is 50.6 Å². The van der Waals surface area contributed by atoms with E-state index >= 15 is 0 Å². The number of para-hydroxylation sites is 1. The highest BCUT2D eigenvalue weighted by atomic mass is 32.2. The summed E-state index contributed by atoms with van der Waals surface area (Å²) >= 11 is 0. The first-order valence-corrected chi connectivity index (χ1v) is 11.6. The zero-order chi connectivity index (χ0) is 21.1. The molecule has 2 aliphatic rings. The van der Waals surface area contributed by atoms with Gasteiger partial charge in [0.1, 0.15) is 0 Å². The Hall–Kier alpha value is -2.58. The first-order chi connectivity index (χ1) is 14.5. The van der Waals surface area contributed by atoms with Gasteiger partial charge in [-0.2, -0.15) is 4.31 Å². The molecule has 1 saturated heterocycles. The van der Waals surface area contributed by atoms with Crippen LogP contribution in [0.2, 0.25) is 0 Å². The highest BCUT2D eigenvalue weighted by Gasteiger charge is 2.34. The SMILES string of the molecule is CN(C(=O)C1CCN(S(=O)(=O)c2ccc3c(c2)OCCCO3)CC1)c1ccccc1. The molecular formula is C22H26N2O5S. The molecule has 0 spiro atoms. The number of sulfonamides is 1. The van der Waals surface area contributed by atoms with Gasteiger partial charge in [0.25, 0.3) is 0 Å². The molecule has 1 fully saturated rings. The molecule has 160 valence electrons. The van der Waals surface area contributed by atoms with Crippen LogP contribution in [0.25, 0.3) is 0 Å². The number of nitrogens with zero attached hydrogens (tertiary/aromatic N) is 2. The van der Waals surface area contributed by atoms with Gasteiger partial charge in [0.15, 0.2) is 11.5 Å². The molecule has 0 unspecified atom stereocenters. The number of carbonyl (C=O) groups excluding carboxylic acids is 1. The summed E-state index contributed by atoms with van der Waals surface area (Å²) in [6.07, 6.45) is 1.76. The van der Waals surface area contributed by atoms with E-state index in [1.54, 1.807) is 24.1 Å². The molecule has 2 aromatic carbocycles. The Morgan fingerprint density at radius 3 is 2.37 bits per heavy atom. The normalized spacial score (nSPS) is 17.9. The number of benzene rings is 2. The minimum Gasteiger partial charge on any atom is -0.490 e. The van der Waals surface area contributed by atoms with Crippen LogP contribution in [0.3, 0.4) is 0 Å². The van der Waals surface area contributed by atoms with Crippen molar-refractivity contribution >= 4 is 21.6 Å². The lowest BCUT2D eigenvalue weighted by Gasteiger charge is -2.32. The fourth-order valence-corrected chi connectivity index (χ4v) is 5.33. The number of anilines is 1. The second kappa shape index (κ2) is 8.65. The summed E-state index contributed by atoms with van der Waals surface area (Å²) in [6.45, 7) is 1.68. The zero-order valence-electron chi connectivity index (χ0n) is 17.0. The van der Waals surface area contributed by atoms with E-state index in [9.17, 15) is 13.2 Å². The van der Waals surface area contributed by atoms with Gasteiger partial charge in [-0.15, -0.1) is 0 Å². The molecule has 0 aromatic heterocycles. The number of fused-ring (bicyclic) bond motifs is 1. The van der Waals surface area contributed by atoms with Crippen molar-refractivity contribution in [2.75, 3.05) is 38.3 Å². The van der Waals surface area contributed by atoms with Gasteiger partial charge < -0.3 is 14.4 Å². The third kappa shape index (κ3) is 4.15. The Balaban J connectivity index is 1.43. The maximum atomic E-state index is 13.1. The van der Waals surface area contributed by atoms with E-state index in [0.717, 1.165) is 12.1 Å². The van der Waals surface area contributed by atoms with Crippen molar-refractivity contribution in [3.63, 3.8) is 0 Å². The second-order valence-electron chi connectivity index (χ2n) is 7.57. The second-order valence-corrected chi connectivity index (χ2v) is 9.51. The lowest BCUT2D eigenvalue weighted by atomic mass is 9.96. The average Bonchev–Trinajstić information content (AvgIpc) is 3.03. The van der Waals surface area contributed by atoms with Crippen molar-refractivity contribution in [2.45, 2.75) is 24.2 Å². The predicted octanol–water partition coefficient (Wildman–Crippen LogP) is 2.91. The molecule has 4 rings (SSSR count). The molecule has 0 bridgehead atoms. The minimum absolute atomic E-state index is 0.0221. The summed E-state index contributed by atoms with van der Waals surface area (Å²) in [5.74, 6) is 0.863. The molecule has 2 aromatic rings. The molecule has 2 aliphatic heterocycles. The van der Waals surface area contributed by atoms with Gasteiger partial charge in [-0.1, -0.05) is 18.2 Å². The van der Waals surface area contributed by atoms with Gasteiger partial charge in [0.2, 0.25) is 15.9 Å². The highest BCUT2D eigenvalue weighted by molar-refractivity contribution is 7.89. The highest BCUT2D eigenvalue weighted by Crippen LogP contribution is 2.34. The Bertz CT molecular complexity index is 1000. The molecule has 0 radical (unpaired) electrons. The molecule has 7 nitrogen and oxygen atoms in total. The Morgan fingerprint density at radius 1 is 1.00 bits per heavy atom. The molecule has 0 aliphatic carbocycles. The van der Waals surface area contributed by atoms with Gasteiger partial charge in [-0.3, -0.25) is 4.79 Å². The lowest BCUT2D eigenvalue weighted by molar-refractivity contribution is -0.123. The molecule has 2 heterocycles. The van der Waals surface area contributed by atoms with Gasteiger partial charge in [-0.05, 0) is 37.1 Å². The quantitative estimate of drug-likeness (QED) is 0.746. The fraction of sp³-hybridized carbons (Fsp3) is 0.409. The number of amides is 1. The van der Waals surface area contributed by atoms with Gasteiger partial charge in [0.05, 0.1) is 18.1 Å². The van der Waals surface area contributed by atoms with Crippen LogP contribution in [0.15, 0.2) is 53.4 Å². The van der Waals surface area contributed by atoms with Gasteiger partial charge in [-0.25, -0.2) is 8.42 Å². The van der Waals surface area contributed by atoms with E-state index in [2.05, 4.69) is 0 Å². The molecule has 8 heteroatoms. The van der Waals surface area contributed by atoms with Crippen LogP contribution in [0.1, 0.15) is 19.3 Å². The summed E-state index contributed by atoms with van der Waals surface area (Å²) in [4.78, 5) is 14.7. The zero-order valence-corrected chi connectivity index (χ0v) is 17.8. The number of hydrogen-bond acceptors (Lipinski definition) is 5. The summed E-state index contributed by atoms with van der Waals surface area (Å²) in [7, 11) is -1.89. The van der Waals surface area contributed by atoms with E-state index in [-0.39, 0.29) is 16.7 Å². The first kappa shape index (κ1) is 20.7. The van der Waals surface area contributed by atoms with Crippen LogP contribution in [-0.2, 0) is 14.8 Å². The van der Waals surface area contributed by atoms with E-state index < -0.39 is 10.0 Å². The van der Waals surface area contributed by atoms with E-state index in [1.807, 2.05) is 30.3 Å². The molecule has 30 heavy (non-hydrogen) atoms. The summed E-state index contributed by atoms with van der Waals surface area (Å²) < 4.78 is 38.9.